The Morgan fingerprint density at radius 2 is 0.923 bits per heavy atom. The summed E-state index contributed by atoms with van der Waals surface area (Å²) in [6.07, 6.45) is 1.70. The van der Waals surface area contributed by atoms with Crippen molar-refractivity contribution in [1.29, 1.82) is 0 Å². The van der Waals surface area contributed by atoms with Crippen molar-refractivity contribution in [2.45, 2.75) is 13.8 Å². The first-order chi connectivity index (χ1) is 4.54. The fraction of sp³-hybridized carbons (Fsp3) is 0.857. The van der Waals surface area contributed by atoms with Crippen molar-refractivity contribution in [3.63, 3.8) is 0 Å². The SMILES string of the molecule is CC[PH](C)=O.CC[PH](C)=O.[CH3-].[Y].[Y]. The van der Waals surface area contributed by atoms with Gasteiger partial charge in [0.25, 0.3) is 0 Å². The van der Waals surface area contributed by atoms with Crippen LogP contribution in [0.2, 0.25) is 0 Å². The van der Waals surface area contributed by atoms with E-state index in [1.807, 2.05) is 13.8 Å². The molecule has 0 spiro atoms. The van der Waals surface area contributed by atoms with Gasteiger partial charge >= 0.3 is 0 Å². The van der Waals surface area contributed by atoms with Gasteiger partial charge in [0, 0.05) is 65.4 Å². The summed E-state index contributed by atoms with van der Waals surface area (Å²) >= 11 is 0. The van der Waals surface area contributed by atoms with Crippen molar-refractivity contribution >= 4 is 15.6 Å². The van der Waals surface area contributed by atoms with Gasteiger partial charge in [0.05, 0.1) is 15.6 Å². The van der Waals surface area contributed by atoms with Gasteiger partial charge in [-0.15, -0.1) is 0 Å². The Labute approximate surface area is 135 Å². The first kappa shape index (κ1) is 29.6. The molecule has 2 unspecified atom stereocenters. The second-order valence-electron chi connectivity index (χ2n) is 2.11. The average Bonchev–Trinajstić information content (AvgIpc) is 1.89. The molecule has 0 fully saturated rings. The smallest absolute Gasteiger partial charge is 0.0730 e. The molecule has 0 N–H and O–H groups in total. The summed E-state index contributed by atoms with van der Waals surface area (Å²) in [4.78, 5) is 0. The minimum absolute atomic E-state index is 0. The van der Waals surface area contributed by atoms with Crippen molar-refractivity contribution in [2.75, 3.05) is 25.7 Å². The molecule has 2 nitrogen and oxygen atoms in total. The zero-order valence-electron chi connectivity index (χ0n) is 9.39. The monoisotopic (exact) mass is 377 g/mol. The minimum Gasteiger partial charge on any atom is -0.358 e. The van der Waals surface area contributed by atoms with Crippen LogP contribution in [-0.4, -0.2) is 25.7 Å². The van der Waals surface area contributed by atoms with Crippen LogP contribution >= 0.6 is 15.6 Å². The molecule has 2 radical (unpaired) electrons. The van der Waals surface area contributed by atoms with E-state index < -0.39 is 15.6 Å². The predicted molar refractivity (Wildman–Crippen MR) is 57.3 cm³/mol. The van der Waals surface area contributed by atoms with Gasteiger partial charge in [0.2, 0.25) is 0 Å². The molecule has 0 aromatic carbocycles. The second kappa shape index (κ2) is 24.1. The normalized spacial score (nSPS) is 11.4. The van der Waals surface area contributed by atoms with Gasteiger partial charge in [-0.25, -0.2) is 0 Å². The summed E-state index contributed by atoms with van der Waals surface area (Å²) in [5.41, 5.74) is 0. The van der Waals surface area contributed by atoms with E-state index in [0.717, 1.165) is 12.3 Å². The zero-order valence-corrected chi connectivity index (χ0v) is 17.1. The number of rotatable bonds is 2. The van der Waals surface area contributed by atoms with Crippen molar-refractivity contribution in [3.05, 3.63) is 7.43 Å². The van der Waals surface area contributed by atoms with Crippen LogP contribution in [0, 0.1) is 7.43 Å². The Kier molecular flexibility index (Phi) is 54.9. The topological polar surface area (TPSA) is 34.1 Å². The Bertz CT molecular complexity index is 107. The maximum Gasteiger partial charge on any atom is 0.0730 e. The summed E-state index contributed by atoms with van der Waals surface area (Å²) in [5, 5.41) is 0. The maximum atomic E-state index is 10.00. The number of hydrogen-bond donors (Lipinski definition) is 0. The van der Waals surface area contributed by atoms with Crippen LogP contribution in [-0.2, 0) is 74.5 Å². The molecule has 0 saturated carbocycles. The van der Waals surface area contributed by atoms with E-state index in [1.54, 1.807) is 13.3 Å². The minimum atomic E-state index is -1.12. The van der Waals surface area contributed by atoms with Crippen LogP contribution in [0.25, 0.3) is 0 Å². The van der Waals surface area contributed by atoms with Gasteiger partial charge in [-0.1, -0.05) is 13.8 Å². The third kappa shape index (κ3) is 52.9. The molecule has 0 amide bonds. The van der Waals surface area contributed by atoms with Gasteiger partial charge in [-0.3, -0.25) is 0 Å². The van der Waals surface area contributed by atoms with Crippen LogP contribution in [0.4, 0.5) is 0 Å². The third-order valence-electron chi connectivity index (χ3n) is 0.996. The van der Waals surface area contributed by atoms with Gasteiger partial charge < -0.3 is 16.6 Å². The molecular formula is C7H21O2P2Y2-. The summed E-state index contributed by atoms with van der Waals surface area (Å²) in [6, 6.07) is 0. The third-order valence-corrected chi connectivity index (χ3v) is 2.99. The van der Waals surface area contributed by atoms with E-state index in [1.165, 1.54) is 0 Å². The molecule has 0 aromatic rings. The average molecular weight is 377 g/mol. The summed E-state index contributed by atoms with van der Waals surface area (Å²) < 4.78 is 20.0. The summed E-state index contributed by atoms with van der Waals surface area (Å²) in [5.74, 6) is 0. The maximum absolute atomic E-state index is 10.00. The Morgan fingerprint density at radius 3 is 0.923 bits per heavy atom. The van der Waals surface area contributed by atoms with Crippen LogP contribution < -0.4 is 0 Å². The van der Waals surface area contributed by atoms with Crippen LogP contribution in [0.15, 0.2) is 0 Å². The predicted octanol–water partition coefficient (Wildman–Crippen LogP) is 2.84. The fourth-order valence-electron chi connectivity index (χ4n) is 0. The van der Waals surface area contributed by atoms with E-state index in [9.17, 15) is 9.13 Å². The van der Waals surface area contributed by atoms with Gasteiger partial charge in [-0.05, 0) is 25.7 Å². The molecule has 2 atom stereocenters. The quantitative estimate of drug-likeness (QED) is 0.548. The Hall–Kier alpha value is 2.67. The molecule has 78 valence electrons. The van der Waals surface area contributed by atoms with E-state index >= 15 is 0 Å². The molecule has 0 aliphatic heterocycles. The van der Waals surface area contributed by atoms with E-state index in [4.69, 9.17) is 0 Å². The van der Waals surface area contributed by atoms with Crippen molar-refractivity contribution in [2.24, 2.45) is 0 Å². The van der Waals surface area contributed by atoms with Crippen molar-refractivity contribution in [3.8, 4) is 0 Å². The van der Waals surface area contributed by atoms with Crippen LogP contribution in [0.3, 0.4) is 0 Å². The standard InChI is InChI=1S/2C3H9OP.CH3.2Y/c2*1-3-5(2)4;;;/h2*5H,3H2,1-2H3;1H3;;/q;;-1;;. The molecule has 0 bridgehead atoms. The molecule has 13 heavy (non-hydrogen) atoms. The second-order valence-corrected chi connectivity index (χ2v) is 6.33. The fourth-order valence-corrected chi connectivity index (χ4v) is 0. The van der Waals surface area contributed by atoms with Crippen LogP contribution in [0.1, 0.15) is 13.8 Å². The van der Waals surface area contributed by atoms with Crippen molar-refractivity contribution in [1.82, 2.24) is 0 Å². The van der Waals surface area contributed by atoms with Crippen LogP contribution in [0.5, 0.6) is 0 Å². The van der Waals surface area contributed by atoms with E-state index in [0.29, 0.717) is 0 Å². The number of hydrogen-bond acceptors (Lipinski definition) is 2. The van der Waals surface area contributed by atoms with Crippen molar-refractivity contribution < 1.29 is 74.5 Å². The van der Waals surface area contributed by atoms with E-state index in [2.05, 4.69) is 0 Å². The molecule has 6 heteroatoms. The van der Waals surface area contributed by atoms with Gasteiger partial charge in [0.1, 0.15) is 0 Å². The first-order valence-corrected chi connectivity index (χ1v) is 7.76. The van der Waals surface area contributed by atoms with Gasteiger partial charge in [-0.2, -0.15) is 0 Å². The molecular weight excluding hydrogens is 356 g/mol. The Balaban J connectivity index is -0.0000000267. The molecule has 0 saturated heterocycles. The summed E-state index contributed by atoms with van der Waals surface area (Å²) in [6.45, 7) is 7.40. The zero-order chi connectivity index (χ0) is 8.57. The summed E-state index contributed by atoms with van der Waals surface area (Å²) in [7, 11) is -2.25. The van der Waals surface area contributed by atoms with E-state index in [-0.39, 0.29) is 72.8 Å². The first-order valence-electron chi connectivity index (χ1n) is 3.53. The molecule has 0 rings (SSSR count). The molecule has 0 aliphatic carbocycles. The molecule has 0 heterocycles. The molecule has 0 aliphatic rings. The molecule has 0 aromatic heterocycles. The largest absolute Gasteiger partial charge is 0.358 e. The van der Waals surface area contributed by atoms with Gasteiger partial charge in [0.15, 0.2) is 0 Å². The Morgan fingerprint density at radius 1 is 0.846 bits per heavy atom.